The van der Waals surface area contributed by atoms with E-state index in [4.69, 9.17) is 9.47 Å². The van der Waals surface area contributed by atoms with Crippen molar-refractivity contribution in [2.24, 2.45) is 0 Å². The molecule has 0 amide bonds. The van der Waals surface area contributed by atoms with Gasteiger partial charge in [-0.1, -0.05) is 0 Å². The van der Waals surface area contributed by atoms with Gasteiger partial charge in [0, 0.05) is 0 Å². The average molecular weight is 447 g/mol. The van der Waals surface area contributed by atoms with Crippen molar-refractivity contribution in [1.82, 2.24) is 0 Å². The van der Waals surface area contributed by atoms with E-state index < -0.39 is 18.4 Å². The first-order valence-electron chi connectivity index (χ1n) is 9.35. The molecule has 0 bridgehead atoms. The van der Waals surface area contributed by atoms with Gasteiger partial charge in [0.15, 0.2) is 0 Å². The van der Waals surface area contributed by atoms with Gasteiger partial charge in [-0.05, 0) is 0 Å². The third-order valence-electron chi connectivity index (χ3n) is 4.76. The van der Waals surface area contributed by atoms with Crippen molar-refractivity contribution in [1.29, 1.82) is 0 Å². The molecule has 0 aromatic carbocycles. The summed E-state index contributed by atoms with van der Waals surface area (Å²) in [4.78, 5) is 23.9. The minimum atomic E-state index is -2.80. The summed E-state index contributed by atoms with van der Waals surface area (Å²) >= 11 is -2.80. The fourth-order valence-corrected chi connectivity index (χ4v) is 19.6. The van der Waals surface area contributed by atoms with Crippen molar-refractivity contribution in [3.05, 3.63) is 9.67 Å². The van der Waals surface area contributed by atoms with Crippen LogP contribution in [0, 0.1) is 0 Å². The van der Waals surface area contributed by atoms with Crippen molar-refractivity contribution in [3.63, 3.8) is 0 Å². The van der Waals surface area contributed by atoms with E-state index in [1.807, 2.05) is 0 Å². The summed E-state index contributed by atoms with van der Waals surface area (Å²) in [7, 11) is 2.81. The van der Waals surface area contributed by atoms with Crippen LogP contribution in [0.5, 0.6) is 0 Å². The molecule has 0 radical (unpaired) electrons. The predicted molar refractivity (Wildman–Crippen MR) is 102 cm³/mol. The molecule has 0 aromatic rings. The normalized spacial score (nSPS) is 12.1. The first kappa shape index (κ1) is 23.5. The summed E-state index contributed by atoms with van der Waals surface area (Å²) in [5.41, 5.74) is 0. The molecule has 4 nitrogen and oxygen atoms in total. The number of ether oxygens (including phenoxy) is 2. The molecule has 0 rings (SSSR count). The number of esters is 2. The zero-order valence-electron chi connectivity index (χ0n) is 16.3. The van der Waals surface area contributed by atoms with E-state index in [1.165, 1.54) is 46.8 Å². The van der Waals surface area contributed by atoms with Gasteiger partial charge in [-0.25, -0.2) is 0 Å². The molecule has 0 saturated carbocycles. The molecule has 0 aliphatic carbocycles. The van der Waals surface area contributed by atoms with E-state index >= 15 is 0 Å². The van der Waals surface area contributed by atoms with Crippen LogP contribution in [0.1, 0.15) is 65.7 Å². The van der Waals surface area contributed by atoms with Crippen LogP contribution >= 0.6 is 0 Å². The van der Waals surface area contributed by atoms with E-state index in [0.717, 1.165) is 22.9 Å². The van der Waals surface area contributed by atoms with Crippen molar-refractivity contribution in [2.45, 2.75) is 79.0 Å². The number of unbranched alkanes of at least 4 members (excludes halogenated alkanes) is 3. The number of carbonyl (C=O) groups is 2. The van der Waals surface area contributed by atoms with E-state index in [2.05, 4.69) is 20.8 Å². The first-order chi connectivity index (χ1) is 11.5. The quantitative estimate of drug-likeness (QED) is 0.226. The van der Waals surface area contributed by atoms with E-state index in [1.54, 1.807) is 6.08 Å². The first-order valence-corrected chi connectivity index (χ1v) is 16.8. The molecule has 5 heteroatoms. The molecular formula is C19H36O4Sn. The Morgan fingerprint density at radius 3 is 1.62 bits per heavy atom. The molecule has 140 valence electrons. The Morgan fingerprint density at radius 2 is 1.29 bits per heavy atom. The maximum absolute atomic E-state index is 12.0. The van der Waals surface area contributed by atoms with Crippen molar-refractivity contribution < 1.29 is 19.1 Å². The second-order valence-electron chi connectivity index (χ2n) is 6.54. The van der Waals surface area contributed by atoms with Gasteiger partial charge in [-0.15, -0.1) is 0 Å². The number of methoxy groups -OCH3 is 2. The van der Waals surface area contributed by atoms with Crippen LogP contribution in [-0.4, -0.2) is 44.5 Å². The monoisotopic (exact) mass is 448 g/mol. The summed E-state index contributed by atoms with van der Waals surface area (Å²) in [6.07, 6.45) is 8.91. The van der Waals surface area contributed by atoms with Gasteiger partial charge in [-0.2, -0.15) is 0 Å². The topological polar surface area (TPSA) is 52.6 Å². The summed E-state index contributed by atoms with van der Waals surface area (Å²) in [5.74, 6) is -0.574. The molecule has 0 atom stereocenters. The van der Waals surface area contributed by atoms with Crippen LogP contribution in [0.3, 0.4) is 0 Å². The molecule has 0 saturated heterocycles. The molecule has 0 aromatic heterocycles. The van der Waals surface area contributed by atoms with Crippen LogP contribution in [0.4, 0.5) is 0 Å². The molecular weight excluding hydrogens is 411 g/mol. The number of rotatable bonds is 13. The zero-order chi connectivity index (χ0) is 18.4. The number of hydrogen-bond acceptors (Lipinski definition) is 4. The van der Waals surface area contributed by atoms with Gasteiger partial charge in [0.1, 0.15) is 0 Å². The standard InChI is InChI=1S/C7H9O4.3C4H9.Sn/c1-10-6(8)4-3-5-7(9)11-2;3*1-3-4-2;/h4H,5H2,1-2H3;3*1,3-4H2,2H3;. The SMILES string of the molecule is CCC[CH2][Sn]([CH2]CCC)([CH2]CCC)/[C](=C/C(=O)OC)CC(=O)OC. The van der Waals surface area contributed by atoms with E-state index in [-0.39, 0.29) is 18.4 Å². The fraction of sp³-hybridized carbons (Fsp3) is 0.789. The van der Waals surface area contributed by atoms with Gasteiger partial charge in [0.2, 0.25) is 0 Å². The second kappa shape index (κ2) is 13.7. The van der Waals surface area contributed by atoms with Crippen molar-refractivity contribution in [3.8, 4) is 0 Å². The maximum atomic E-state index is 12.0. The Labute approximate surface area is 152 Å². The van der Waals surface area contributed by atoms with Gasteiger partial charge in [0.05, 0.1) is 0 Å². The van der Waals surface area contributed by atoms with E-state index in [9.17, 15) is 9.59 Å². The van der Waals surface area contributed by atoms with Crippen LogP contribution in [0.15, 0.2) is 9.67 Å². The Bertz CT molecular complexity index is 382. The summed E-state index contributed by atoms with van der Waals surface area (Å²) in [5, 5.41) is 0. The molecule has 0 fully saturated rings. The Balaban J connectivity index is 5.80. The second-order valence-corrected chi connectivity index (χ2v) is 20.0. The van der Waals surface area contributed by atoms with E-state index in [0.29, 0.717) is 0 Å². The van der Waals surface area contributed by atoms with Crippen molar-refractivity contribution in [2.75, 3.05) is 14.2 Å². The summed E-state index contributed by atoms with van der Waals surface area (Å²) < 4.78 is 14.5. The summed E-state index contributed by atoms with van der Waals surface area (Å²) in [6.45, 7) is 6.63. The Kier molecular flexibility index (Phi) is 13.4. The molecule has 0 aliphatic heterocycles. The average Bonchev–Trinajstić information content (AvgIpc) is 2.60. The van der Waals surface area contributed by atoms with Gasteiger partial charge in [-0.3, -0.25) is 0 Å². The molecule has 0 heterocycles. The van der Waals surface area contributed by atoms with Crippen LogP contribution in [0.2, 0.25) is 13.3 Å². The zero-order valence-corrected chi connectivity index (χ0v) is 19.1. The predicted octanol–water partition coefficient (Wildman–Crippen LogP) is 5.04. The minimum absolute atomic E-state index is 0.240. The number of hydrogen-bond donors (Lipinski definition) is 0. The molecule has 0 N–H and O–H groups in total. The Hall–Kier alpha value is -0.521. The van der Waals surface area contributed by atoms with Gasteiger partial charge >= 0.3 is 152 Å². The molecule has 0 spiro atoms. The third kappa shape index (κ3) is 8.54. The Morgan fingerprint density at radius 1 is 0.833 bits per heavy atom. The van der Waals surface area contributed by atoms with Crippen LogP contribution < -0.4 is 0 Å². The van der Waals surface area contributed by atoms with Gasteiger partial charge in [0.25, 0.3) is 0 Å². The number of carbonyl (C=O) groups excluding carboxylic acids is 2. The van der Waals surface area contributed by atoms with Crippen LogP contribution in [-0.2, 0) is 19.1 Å². The molecule has 0 aliphatic rings. The van der Waals surface area contributed by atoms with Gasteiger partial charge < -0.3 is 0 Å². The van der Waals surface area contributed by atoms with Crippen molar-refractivity contribution >= 4 is 30.3 Å². The molecule has 0 unspecified atom stereocenters. The molecule has 24 heavy (non-hydrogen) atoms. The van der Waals surface area contributed by atoms with Crippen LogP contribution in [0.25, 0.3) is 0 Å². The third-order valence-corrected chi connectivity index (χ3v) is 20.8. The summed E-state index contributed by atoms with van der Waals surface area (Å²) in [6, 6.07) is 0. The fourth-order valence-electron chi connectivity index (χ4n) is 3.22.